The summed E-state index contributed by atoms with van der Waals surface area (Å²) >= 11 is 0. The van der Waals surface area contributed by atoms with Crippen molar-refractivity contribution in [3.8, 4) is 0 Å². The lowest BCUT2D eigenvalue weighted by Crippen LogP contribution is -2.61. The van der Waals surface area contributed by atoms with Crippen molar-refractivity contribution in [2.75, 3.05) is 18.1 Å². The van der Waals surface area contributed by atoms with E-state index in [1.807, 2.05) is 0 Å². The van der Waals surface area contributed by atoms with Gasteiger partial charge in [-0.05, 0) is 30.0 Å². The van der Waals surface area contributed by atoms with Gasteiger partial charge in [0.15, 0.2) is 0 Å². The van der Waals surface area contributed by atoms with Crippen LogP contribution >= 0.6 is 0 Å². The fraction of sp³-hybridized carbons (Fsp3) is 0.333. The van der Waals surface area contributed by atoms with Crippen molar-refractivity contribution in [1.29, 1.82) is 0 Å². The van der Waals surface area contributed by atoms with Gasteiger partial charge in [-0.3, -0.25) is 5.01 Å². The SMILES string of the molecule is OC1CN(N2c3ccccc3CCC2c2ccccc2)C1. The van der Waals surface area contributed by atoms with Crippen molar-refractivity contribution >= 4 is 5.69 Å². The van der Waals surface area contributed by atoms with E-state index >= 15 is 0 Å². The third-order valence-corrected chi connectivity index (χ3v) is 4.55. The molecule has 1 atom stereocenters. The first-order valence-corrected chi connectivity index (χ1v) is 7.68. The molecule has 108 valence electrons. The second kappa shape index (κ2) is 5.17. The van der Waals surface area contributed by atoms with Gasteiger partial charge in [-0.2, -0.15) is 0 Å². The minimum absolute atomic E-state index is 0.185. The molecule has 3 heteroatoms. The highest BCUT2D eigenvalue weighted by Gasteiger charge is 2.37. The predicted molar refractivity (Wildman–Crippen MR) is 84.0 cm³/mol. The number of fused-ring (bicyclic) bond motifs is 1. The van der Waals surface area contributed by atoms with Crippen molar-refractivity contribution in [2.45, 2.75) is 25.0 Å². The predicted octanol–water partition coefficient (Wildman–Crippen LogP) is 2.77. The Hall–Kier alpha value is -1.84. The average Bonchev–Trinajstić information content (AvgIpc) is 2.52. The molecule has 1 fully saturated rings. The lowest BCUT2D eigenvalue weighted by Gasteiger charge is -2.51. The topological polar surface area (TPSA) is 26.7 Å². The van der Waals surface area contributed by atoms with E-state index in [2.05, 4.69) is 64.6 Å². The third-order valence-electron chi connectivity index (χ3n) is 4.55. The molecule has 2 aliphatic heterocycles. The van der Waals surface area contributed by atoms with Gasteiger partial charge in [0.2, 0.25) is 0 Å². The minimum atomic E-state index is -0.185. The van der Waals surface area contributed by atoms with Crippen LogP contribution < -0.4 is 5.01 Å². The summed E-state index contributed by atoms with van der Waals surface area (Å²) in [4.78, 5) is 0. The first-order chi connectivity index (χ1) is 10.3. The maximum absolute atomic E-state index is 9.69. The third kappa shape index (κ3) is 2.23. The molecule has 0 saturated carbocycles. The first-order valence-electron chi connectivity index (χ1n) is 7.68. The van der Waals surface area contributed by atoms with E-state index in [1.165, 1.54) is 16.8 Å². The molecule has 2 heterocycles. The first kappa shape index (κ1) is 12.9. The largest absolute Gasteiger partial charge is 0.390 e. The normalized spacial score (nSPS) is 22.7. The van der Waals surface area contributed by atoms with Crippen LogP contribution in [-0.2, 0) is 6.42 Å². The Morgan fingerprint density at radius 3 is 2.38 bits per heavy atom. The van der Waals surface area contributed by atoms with E-state index in [-0.39, 0.29) is 6.10 Å². The van der Waals surface area contributed by atoms with Crippen LogP contribution in [-0.4, -0.2) is 29.3 Å². The molecule has 21 heavy (non-hydrogen) atoms. The molecular weight excluding hydrogens is 260 g/mol. The summed E-state index contributed by atoms with van der Waals surface area (Å²) in [5, 5.41) is 14.4. The molecule has 3 nitrogen and oxygen atoms in total. The summed E-state index contributed by atoms with van der Waals surface area (Å²) in [6.45, 7) is 1.47. The van der Waals surface area contributed by atoms with Crippen LogP contribution in [0.4, 0.5) is 5.69 Å². The Morgan fingerprint density at radius 2 is 1.62 bits per heavy atom. The number of rotatable bonds is 2. The molecule has 2 aromatic rings. The summed E-state index contributed by atoms with van der Waals surface area (Å²) in [5.41, 5.74) is 4.06. The standard InChI is InChI=1S/C18H20N2O/c21-16-12-19(13-16)20-17-9-5-4-8-15(17)10-11-18(20)14-6-2-1-3-7-14/h1-9,16,18,21H,10-13H2. The molecule has 0 spiro atoms. The van der Waals surface area contributed by atoms with E-state index in [0.29, 0.717) is 6.04 Å². The van der Waals surface area contributed by atoms with Gasteiger partial charge in [-0.25, -0.2) is 5.01 Å². The van der Waals surface area contributed by atoms with Crippen molar-refractivity contribution in [2.24, 2.45) is 0 Å². The smallest absolute Gasteiger partial charge is 0.0830 e. The molecule has 1 N–H and O–H groups in total. The number of hydrazine groups is 1. The molecule has 2 aromatic carbocycles. The van der Waals surface area contributed by atoms with Crippen LogP contribution in [0, 0.1) is 0 Å². The number of benzene rings is 2. The summed E-state index contributed by atoms with van der Waals surface area (Å²) in [6, 6.07) is 19.7. The number of hydrogen-bond acceptors (Lipinski definition) is 3. The molecule has 4 rings (SSSR count). The number of aliphatic hydroxyl groups excluding tert-OH is 1. The maximum atomic E-state index is 9.69. The molecule has 2 aliphatic rings. The average molecular weight is 280 g/mol. The second-order valence-electron chi connectivity index (χ2n) is 5.96. The van der Waals surface area contributed by atoms with E-state index in [0.717, 1.165) is 25.9 Å². The Labute approximate surface area is 125 Å². The molecule has 0 bridgehead atoms. The maximum Gasteiger partial charge on any atom is 0.0830 e. The van der Waals surface area contributed by atoms with Crippen LogP contribution in [0.15, 0.2) is 54.6 Å². The number of hydrogen-bond donors (Lipinski definition) is 1. The summed E-state index contributed by atoms with van der Waals surface area (Å²) in [7, 11) is 0. The number of para-hydroxylation sites is 1. The summed E-state index contributed by atoms with van der Waals surface area (Å²) < 4.78 is 0. The lowest BCUT2D eigenvalue weighted by molar-refractivity contribution is -0.0140. The van der Waals surface area contributed by atoms with Gasteiger partial charge in [0.1, 0.15) is 0 Å². The van der Waals surface area contributed by atoms with Crippen molar-refractivity contribution in [3.05, 3.63) is 65.7 Å². The highest BCUT2D eigenvalue weighted by molar-refractivity contribution is 5.57. The van der Waals surface area contributed by atoms with Gasteiger partial charge in [0.25, 0.3) is 0 Å². The van der Waals surface area contributed by atoms with Crippen molar-refractivity contribution < 1.29 is 5.11 Å². The summed E-state index contributed by atoms with van der Waals surface area (Å²) in [6.07, 6.45) is 2.05. The van der Waals surface area contributed by atoms with Crippen LogP contribution in [0.5, 0.6) is 0 Å². The van der Waals surface area contributed by atoms with Gasteiger partial charge < -0.3 is 5.11 Å². The van der Waals surface area contributed by atoms with Gasteiger partial charge in [-0.15, -0.1) is 0 Å². The zero-order valence-electron chi connectivity index (χ0n) is 12.0. The quantitative estimate of drug-likeness (QED) is 0.916. The van der Waals surface area contributed by atoms with E-state index in [4.69, 9.17) is 0 Å². The van der Waals surface area contributed by atoms with Crippen LogP contribution in [0.2, 0.25) is 0 Å². The Bertz CT molecular complexity index is 622. The molecule has 0 amide bonds. The van der Waals surface area contributed by atoms with Gasteiger partial charge >= 0.3 is 0 Å². The summed E-state index contributed by atoms with van der Waals surface area (Å²) in [5.74, 6) is 0. The van der Waals surface area contributed by atoms with Crippen molar-refractivity contribution in [3.63, 3.8) is 0 Å². The number of β-amino-alcohol motifs (C(OH)–C–C–N with tert-alkyl or cyclic N) is 1. The van der Waals surface area contributed by atoms with E-state index in [1.54, 1.807) is 0 Å². The molecule has 1 unspecified atom stereocenters. The van der Waals surface area contributed by atoms with Crippen LogP contribution in [0.1, 0.15) is 23.6 Å². The van der Waals surface area contributed by atoms with Crippen molar-refractivity contribution in [1.82, 2.24) is 5.01 Å². The fourth-order valence-electron chi connectivity index (χ4n) is 3.47. The van der Waals surface area contributed by atoms with Crippen LogP contribution in [0.25, 0.3) is 0 Å². The van der Waals surface area contributed by atoms with Gasteiger partial charge in [0.05, 0.1) is 17.8 Å². The fourth-order valence-corrected chi connectivity index (χ4v) is 3.47. The monoisotopic (exact) mass is 280 g/mol. The number of anilines is 1. The molecule has 0 aliphatic carbocycles. The lowest BCUT2D eigenvalue weighted by atomic mass is 9.92. The Kier molecular flexibility index (Phi) is 3.17. The van der Waals surface area contributed by atoms with Gasteiger partial charge in [0, 0.05) is 13.1 Å². The highest BCUT2D eigenvalue weighted by Crippen LogP contribution is 2.40. The molecule has 0 radical (unpaired) electrons. The Balaban J connectivity index is 1.74. The zero-order valence-corrected chi connectivity index (χ0v) is 12.0. The van der Waals surface area contributed by atoms with Crippen LogP contribution in [0.3, 0.4) is 0 Å². The zero-order chi connectivity index (χ0) is 14.2. The minimum Gasteiger partial charge on any atom is -0.390 e. The highest BCUT2D eigenvalue weighted by atomic mass is 16.3. The van der Waals surface area contributed by atoms with E-state index in [9.17, 15) is 5.11 Å². The molecule has 1 saturated heterocycles. The molecule has 0 aromatic heterocycles. The Morgan fingerprint density at radius 1 is 0.905 bits per heavy atom. The number of aliphatic hydroxyl groups is 1. The number of aryl methyl sites for hydroxylation is 1. The number of nitrogens with zero attached hydrogens (tertiary/aromatic N) is 2. The van der Waals surface area contributed by atoms with E-state index < -0.39 is 0 Å². The second-order valence-corrected chi connectivity index (χ2v) is 5.96. The molecular formula is C18H20N2O. The van der Waals surface area contributed by atoms with Gasteiger partial charge in [-0.1, -0.05) is 48.5 Å².